The van der Waals surface area contributed by atoms with E-state index in [1.54, 1.807) is 25.5 Å². The molecule has 1 amide bonds. The summed E-state index contributed by atoms with van der Waals surface area (Å²) in [4.78, 5) is 30.6. The van der Waals surface area contributed by atoms with E-state index in [9.17, 15) is 9.59 Å². The fourth-order valence-corrected chi connectivity index (χ4v) is 4.33. The molecule has 8 nitrogen and oxygen atoms in total. The molecule has 0 saturated carbocycles. The van der Waals surface area contributed by atoms with Crippen molar-refractivity contribution in [3.63, 3.8) is 0 Å². The summed E-state index contributed by atoms with van der Waals surface area (Å²) in [7, 11) is 3.36. The second-order valence-corrected chi connectivity index (χ2v) is 8.60. The standard InChI is InChI=1S/C24H20N6O2S/c1-28(2)24(32)18-15-33-20(25-18)14-30-21(31)12-11-17(26-30)22-19-10-6-7-13-29(19)27-23(22)16-8-4-3-5-9-16/h3-13,15H,14H2,1-2H3. The molecule has 0 bridgehead atoms. The minimum atomic E-state index is -0.243. The molecule has 0 aliphatic carbocycles. The van der Waals surface area contributed by atoms with Crippen molar-refractivity contribution in [1.82, 2.24) is 29.3 Å². The molecule has 5 aromatic rings. The van der Waals surface area contributed by atoms with Crippen LogP contribution in [0.15, 0.2) is 77.0 Å². The normalized spacial score (nSPS) is 11.1. The van der Waals surface area contributed by atoms with E-state index in [0.29, 0.717) is 16.4 Å². The summed E-state index contributed by atoms with van der Waals surface area (Å²) in [6, 6.07) is 19.0. The van der Waals surface area contributed by atoms with Crippen molar-refractivity contribution in [2.45, 2.75) is 6.54 Å². The Hall–Kier alpha value is -4.11. The molecular weight excluding hydrogens is 436 g/mol. The zero-order chi connectivity index (χ0) is 22.9. The van der Waals surface area contributed by atoms with Crippen LogP contribution in [0.5, 0.6) is 0 Å². The molecule has 0 spiro atoms. The number of rotatable bonds is 5. The Labute approximate surface area is 193 Å². The molecule has 5 rings (SSSR count). The molecule has 0 aliphatic heterocycles. The SMILES string of the molecule is CN(C)C(=O)c1csc(Cn2nc(-c3c(-c4ccccc4)nn4ccccc34)ccc2=O)n1. The zero-order valence-electron chi connectivity index (χ0n) is 18.0. The van der Waals surface area contributed by atoms with Crippen LogP contribution in [-0.2, 0) is 6.54 Å². The first-order valence-corrected chi connectivity index (χ1v) is 11.2. The Bertz CT molecular complexity index is 1520. The summed E-state index contributed by atoms with van der Waals surface area (Å²) in [6.07, 6.45) is 1.89. The number of nitrogens with zero attached hydrogens (tertiary/aromatic N) is 6. The van der Waals surface area contributed by atoms with Crippen molar-refractivity contribution in [3.05, 3.63) is 93.3 Å². The summed E-state index contributed by atoms with van der Waals surface area (Å²) in [6.45, 7) is 0.179. The summed E-state index contributed by atoms with van der Waals surface area (Å²) >= 11 is 1.33. The predicted octanol–water partition coefficient (Wildman–Crippen LogP) is 3.43. The van der Waals surface area contributed by atoms with Gasteiger partial charge in [0, 0.05) is 37.3 Å². The van der Waals surface area contributed by atoms with Crippen LogP contribution in [0.4, 0.5) is 0 Å². The van der Waals surface area contributed by atoms with Gasteiger partial charge < -0.3 is 4.90 Å². The van der Waals surface area contributed by atoms with Crippen molar-refractivity contribution in [1.29, 1.82) is 0 Å². The van der Waals surface area contributed by atoms with E-state index in [4.69, 9.17) is 5.10 Å². The van der Waals surface area contributed by atoms with Gasteiger partial charge in [-0.15, -0.1) is 11.3 Å². The fourth-order valence-electron chi connectivity index (χ4n) is 3.58. The average Bonchev–Trinajstić information content (AvgIpc) is 3.45. The number of thiazole rings is 1. The quantitative estimate of drug-likeness (QED) is 0.405. The van der Waals surface area contributed by atoms with Crippen LogP contribution in [-0.4, -0.2) is 49.3 Å². The lowest BCUT2D eigenvalue weighted by molar-refractivity contribution is 0.0822. The lowest BCUT2D eigenvalue weighted by atomic mass is 10.0. The molecule has 0 aliphatic rings. The van der Waals surface area contributed by atoms with Gasteiger partial charge in [0.25, 0.3) is 11.5 Å². The van der Waals surface area contributed by atoms with E-state index in [1.165, 1.54) is 27.0 Å². The lowest BCUT2D eigenvalue weighted by Gasteiger charge is -2.08. The highest BCUT2D eigenvalue weighted by atomic mass is 32.1. The van der Waals surface area contributed by atoms with Crippen LogP contribution in [0, 0.1) is 0 Å². The number of hydrogen-bond acceptors (Lipinski definition) is 6. The minimum Gasteiger partial charge on any atom is -0.343 e. The Kier molecular flexibility index (Phi) is 5.31. The Morgan fingerprint density at radius 3 is 2.58 bits per heavy atom. The molecule has 0 atom stereocenters. The van der Waals surface area contributed by atoms with Crippen LogP contribution in [0.1, 0.15) is 15.5 Å². The first-order chi connectivity index (χ1) is 16.0. The number of aromatic nitrogens is 5. The smallest absolute Gasteiger partial charge is 0.272 e. The highest BCUT2D eigenvalue weighted by Crippen LogP contribution is 2.33. The maximum Gasteiger partial charge on any atom is 0.272 e. The Balaban J connectivity index is 1.59. The van der Waals surface area contributed by atoms with Crippen LogP contribution in [0.2, 0.25) is 0 Å². The third-order valence-corrected chi connectivity index (χ3v) is 6.01. The number of hydrogen-bond donors (Lipinski definition) is 0. The largest absolute Gasteiger partial charge is 0.343 e. The second kappa shape index (κ2) is 8.44. The van der Waals surface area contributed by atoms with Crippen molar-refractivity contribution in [3.8, 4) is 22.5 Å². The third-order valence-electron chi connectivity index (χ3n) is 5.17. The molecule has 4 heterocycles. The van der Waals surface area contributed by atoms with Crippen molar-refractivity contribution in [2.24, 2.45) is 0 Å². The molecule has 9 heteroatoms. The maximum atomic E-state index is 12.6. The highest BCUT2D eigenvalue weighted by Gasteiger charge is 2.19. The molecule has 0 unspecified atom stereocenters. The molecule has 164 valence electrons. The molecule has 0 saturated heterocycles. The zero-order valence-corrected chi connectivity index (χ0v) is 18.9. The highest BCUT2D eigenvalue weighted by molar-refractivity contribution is 7.09. The van der Waals surface area contributed by atoms with E-state index in [-0.39, 0.29) is 18.0 Å². The molecule has 0 N–H and O–H groups in total. The van der Waals surface area contributed by atoms with Gasteiger partial charge in [0.2, 0.25) is 0 Å². The summed E-state index contributed by atoms with van der Waals surface area (Å²) in [5.41, 5.74) is 4.23. The molecule has 33 heavy (non-hydrogen) atoms. The van der Waals surface area contributed by atoms with Gasteiger partial charge in [-0.1, -0.05) is 36.4 Å². The van der Waals surface area contributed by atoms with E-state index in [0.717, 1.165) is 22.3 Å². The molecule has 0 fully saturated rings. The number of carbonyl (C=O) groups excluding carboxylic acids is 1. The monoisotopic (exact) mass is 456 g/mol. The van der Waals surface area contributed by atoms with E-state index >= 15 is 0 Å². The summed E-state index contributed by atoms with van der Waals surface area (Å²) < 4.78 is 3.19. The van der Waals surface area contributed by atoms with Gasteiger partial charge in [0.05, 0.1) is 23.3 Å². The fraction of sp³-hybridized carbons (Fsp3) is 0.125. The molecule has 0 radical (unpaired) electrons. The van der Waals surface area contributed by atoms with Crippen LogP contribution < -0.4 is 5.56 Å². The second-order valence-electron chi connectivity index (χ2n) is 7.66. The number of fused-ring (bicyclic) bond motifs is 1. The average molecular weight is 457 g/mol. The first kappa shape index (κ1) is 20.8. The van der Waals surface area contributed by atoms with Gasteiger partial charge in [0.15, 0.2) is 0 Å². The number of pyridine rings is 1. The van der Waals surface area contributed by atoms with Gasteiger partial charge in [-0.3, -0.25) is 9.59 Å². The number of carbonyl (C=O) groups is 1. The molecule has 1 aromatic carbocycles. The van der Waals surface area contributed by atoms with Gasteiger partial charge in [0.1, 0.15) is 16.4 Å². The maximum absolute atomic E-state index is 12.6. The third kappa shape index (κ3) is 3.94. The number of benzene rings is 1. The lowest BCUT2D eigenvalue weighted by Crippen LogP contribution is -2.24. The van der Waals surface area contributed by atoms with Gasteiger partial charge in [-0.2, -0.15) is 10.2 Å². The Morgan fingerprint density at radius 2 is 1.79 bits per heavy atom. The summed E-state index contributed by atoms with van der Waals surface area (Å²) in [5, 5.41) is 11.8. The summed E-state index contributed by atoms with van der Waals surface area (Å²) in [5.74, 6) is -0.176. The van der Waals surface area contributed by atoms with Crippen molar-refractivity contribution in [2.75, 3.05) is 14.1 Å². The molecular formula is C24H20N6O2S. The van der Waals surface area contributed by atoms with Crippen molar-refractivity contribution >= 4 is 22.8 Å². The Morgan fingerprint density at radius 1 is 1.00 bits per heavy atom. The van der Waals surface area contributed by atoms with Crippen LogP contribution >= 0.6 is 11.3 Å². The van der Waals surface area contributed by atoms with Crippen LogP contribution in [0.25, 0.3) is 28.0 Å². The van der Waals surface area contributed by atoms with Gasteiger partial charge >= 0.3 is 0 Å². The first-order valence-electron chi connectivity index (χ1n) is 10.3. The topological polar surface area (TPSA) is 85.4 Å². The molecule has 4 aromatic heterocycles. The van der Waals surface area contributed by atoms with E-state index in [1.807, 2.05) is 59.2 Å². The van der Waals surface area contributed by atoms with Crippen molar-refractivity contribution < 1.29 is 4.79 Å². The van der Waals surface area contributed by atoms with Gasteiger partial charge in [-0.25, -0.2) is 14.2 Å². The minimum absolute atomic E-state index is 0.176. The van der Waals surface area contributed by atoms with Crippen LogP contribution in [0.3, 0.4) is 0 Å². The van der Waals surface area contributed by atoms with E-state index in [2.05, 4.69) is 10.1 Å². The predicted molar refractivity (Wildman–Crippen MR) is 127 cm³/mol. The van der Waals surface area contributed by atoms with E-state index < -0.39 is 0 Å². The number of amides is 1. The van der Waals surface area contributed by atoms with Gasteiger partial charge in [-0.05, 0) is 18.2 Å².